The first-order valence-corrected chi connectivity index (χ1v) is 5.26. The van der Waals surface area contributed by atoms with E-state index in [2.05, 4.69) is 20.8 Å². The molecule has 0 amide bonds. The molecule has 1 N–H and O–H groups in total. The molecular weight excluding hydrogens is 148 g/mol. The van der Waals surface area contributed by atoms with Crippen LogP contribution < -0.4 is 0 Å². The maximum atomic E-state index is 9.84. The summed E-state index contributed by atoms with van der Waals surface area (Å²) in [6.45, 7) is 6.79. The van der Waals surface area contributed by atoms with E-state index in [-0.39, 0.29) is 6.10 Å². The molecule has 0 aliphatic heterocycles. The number of aliphatic hydroxyl groups is 1. The van der Waals surface area contributed by atoms with Crippen LogP contribution in [-0.4, -0.2) is 11.2 Å². The molecule has 0 aromatic carbocycles. The second-order valence-corrected chi connectivity index (χ2v) is 4.80. The van der Waals surface area contributed by atoms with Crippen LogP contribution in [-0.2, 0) is 0 Å². The minimum absolute atomic E-state index is 0.0336. The van der Waals surface area contributed by atoms with Crippen LogP contribution in [0.5, 0.6) is 0 Å². The lowest BCUT2D eigenvalue weighted by Gasteiger charge is -2.39. The number of hydrogen-bond donors (Lipinski definition) is 1. The van der Waals surface area contributed by atoms with Gasteiger partial charge in [-0.25, -0.2) is 0 Å². The molecule has 2 atom stereocenters. The molecule has 72 valence electrons. The standard InChI is InChI=1S/C11H22O/c1-4-11(2,3)9-7-5-6-8-10(9)12/h9-10,12H,4-8H2,1-3H3/t9-,10-/m1/s1. The highest BCUT2D eigenvalue weighted by Crippen LogP contribution is 2.40. The number of hydrogen-bond acceptors (Lipinski definition) is 1. The summed E-state index contributed by atoms with van der Waals surface area (Å²) in [4.78, 5) is 0. The van der Waals surface area contributed by atoms with Crippen molar-refractivity contribution in [3.63, 3.8) is 0 Å². The van der Waals surface area contributed by atoms with Gasteiger partial charge in [-0.15, -0.1) is 0 Å². The van der Waals surface area contributed by atoms with Gasteiger partial charge >= 0.3 is 0 Å². The van der Waals surface area contributed by atoms with Crippen molar-refractivity contribution in [3.05, 3.63) is 0 Å². The van der Waals surface area contributed by atoms with Gasteiger partial charge in [0.25, 0.3) is 0 Å². The van der Waals surface area contributed by atoms with E-state index < -0.39 is 0 Å². The van der Waals surface area contributed by atoms with Crippen LogP contribution in [0.15, 0.2) is 0 Å². The van der Waals surface area contributed by atoms with E-state index in [1.807, 2.05) is 0 Å². The molecule has 1 rings (SSSR count). The van der Waals surface area contributed by atoms with E-state index in [0.29, 0.717) is 11.3 Å². The normalized spacial score (nSPS) is 32.0. The van der Waals surface area contributed by atoms with Gasteiger partial charge in [0.05, 0.1) is 6.10 Å². The Morgan fingerprint density at radius 1 is 1.25 bits per heavy atom. The molecular formula is C11H22O. The molecule has 12 heavy (non-hydrogen) atoms. The Labute approximate surface area is 76.2 Å². The molecule has 0 unspecified atom stereocenters. The third-order valence-electron chi connectivity index (χ3n) is 3.64. The summed E-state index contributed by atoms with van der Waals surface area (Å²) in [5, 5.41) is 9.84. The van der Waals surface area contributed by atoms with Gasteiger partial charge in [-0.1, -0.05) is 40.0 Å². The minimum Gasteiger partial charge on any atom is -0.393 e. The molecule has 1 heteroatoms. The van der Waals surface area contributed by atoms with E-state index in [9.17, 15) is 5.11 Å². The molecule has 0 aromatic heterocycles. The second-order valence-electron chi connectivity index (χ2n) is 4.80. The fourth-order valence-electron chi connectivity index (χ4n) is 2.29. The molecule has 0 heterocycles. The van der Waals surface area contributed by atoms with Crippen molar-refractivity contribution < 1.29 is 5.11 Å². The lowest BCUT2D eigenvalue weighted by molar-refractivity contribution is 0.000993. The van der Waals surface area contributed by atoms with Crippen LogP contribution in [0.1, 0.15) is 52.9 Å². The SMILES string of the molecule is CCC(C)(C)[C@@H]1CCCC[C@H]1O. The summed E-state index contributed by atoms with van der Waals surface area (Å²) < 4.78 is 0. The molecule has 1 aliphatic rings. The number of rotatable bonds is 2. The van der Waals surface area contributed by atoms with Crippen molar-refractivity contribution in [3.8, 4) is 0 Å². The van der Waals surface area contributed by atoms with Crippen molar-refractivity contribution in [2.24, 2.45) is 11.3 Å². The highest BCUT2D eigenvalue weighted by atomic mass is 16.3. The minimum atomic E-state index is -0.0336. The van der Waals surface area contributed by atoms with Crippen LogP contribution in [0, 0.1) is 11.3 Å². The predicted molar refractivity (Wildman–Crippen MR) is 52.0 cm³/mol. The molecule has 0 bridgehead atoms. The van der Waals surface area contributed by atoms with E-state index in [1.165, 1.54) is 25.7 Å². The zero-order chi connectivity index (χ0) is 9.19. The van der Waals surface area contributed by atoms with Gasteiger partial charge in [-0.05, 0) is 24.2 Å². The summed E-state index contributed by atoms with van der Waals surface area (Å²) in [6, 6.07) is 0. The quantitative estimate of drug-likeness (QED) is 0.675. The van der Waals surface area contributed by atoms with Gasteiger partial charge in [0, 0.05) is 0 Å². The predicted octanol–water partition coefficient (Wildman–Crippen LogP) is 2.97. The molecule has 0 saturated heterocycles. The molecule has 0 aromatic rings. The maximum absolute atomic E-state index is 9.84. The van der Waals surface area contributed by atoms with E-state index in [0.717, 1.165) is 6.42 Å². The third-order valence-corrected chi connectivity index (χ3v) is 3.64. The number of aliphatic hydroxyl groups excluding tert-OH is 1. The lowest BCUT2D eigenvalue weighted by Crippen LogP contribution is -2.36. The molecule has 1 nitrogen and oxygen atoms in total. The van der Waals surface area contributed by atoms with Crippen LogP contribution in [0.25, 0.3) is 0 Å². The summed E-state index contributed by atoms with van der Waals surface area (Å²) >= 11 is 0. The Bertz CT molecular complexity index is 140. The summed E-state index contributed by atoms with van der Waals surface area (Å²) in [5.74, 6) is 0.538. The Morgan fingerprint density at radius 2 is 1.83 bits per heavy atom. The maximum Gasteiger partial charge on any atom is 0.0573 e. The van der Waals surface area contributed by atoms with Crippen LogP contribution in [0.4, 0.5) is 0 Å². The first-order chi connectivity index (χ1) is 5.58. The van der Waals surface area contributed by atoms with Crippen molar-refractivity contribution in [1.82, 2.24) is 0 Å². The Balaban J connectivity index is 2.58. The summed E-state index contributed by atoms with van der Waals surface area (Å²) in [6.07, 6.45) is 5.92. The van der Waals surface area contributed by atoms with E-state index in [4.69, 9.17) is 0 Å². The second kappa shape index (κ2) is 3.78. The Morgan fingerprint density at radius 3 is 2.33 bits per heavy atom. The molecule has 1 aliphatic carbocycles. The average Bonchev–Trinajstić information content (AvgIpc) is 2.05. The fourth-order valence-corrected chi connectivity index (χ4v) is 2.29. The fraction of sp³-hybridized carbons (Fsp3) is 1.00. The first-order valence-electron chi connectivity index (χ1n) is 5.26. The van der Waals surface area contributed by atoms with Crippen LogP contribution in [0.3, 0.4) is 0 Å². The van der Waals surface area contributed by atoms with Crippen molar-refractivity contribution in [2.45, 2.75) is 59.0 Å². The van der Waals surface area contributed by atoms with Gasteiger partial charge < -0.3 is 5.11 Å². The van der Waals surface area contributed by atoms with Gasteiger partial charge in [0.15, 0.2) is 0 Å². The van der Waals surface area contributed by atoms with E-state index in [1.54, 1.807) is 0 Å². The highest BCUT2D eigenvalue weighted by molar-refractivity contribution is 4.85. The van der Waals surface area contributed by atoms with Gasteiger partial charge in [0.2, 0.25) is 0 Å². The highest BCUT2D eigenvalue weighted by Gasteiger charge is 2.34. The van der Waals surface area contributed by atoms with Crippen molar-refractivity contribution in [1.29, 1.82) is 0 Å². The van der Waals surface area contributed by atoms with E-state index >= 15 is 0 Å². The Hall–Kier alpha value is -0.0400. The zero-order valence-electron chi connectivity index (χ0n) is 8.64. The van der Waals surface area contributed by atoms with Crippen LogP contribution >= 0.6 is 0 Å². The molecule has 1 fully saturated rings. The zero-order valence-corrected chi connectivity index (χ0v) is 8.64. The molecule has 0 spiro atoms. The van der Waals surface area contributed by atoms with Gasteiger partial charge in [0.1, 0.15) is 0 Å². The van der Waals surface area contributed by atoms with Gasteiger partial charge in [-0.2, -0.15) is 0 Å². The summed E-state index contributed by atoms with van der Waals surface area (Å²) in [5.41, 5.74) is 0.333. The smallest absolute Gasteiger partial charge is 0.0573 e. The molecule has 0 radical (unpaired) electrons. The average molecular weight is 170 g/mol. The van der Waals surface area contributed by atoms with Crippen LogP contribution in [0.2, 0.25) is 0 Å². The lowest BCUT2D eigenvalue weighted by atomic mass is 9.68. The Kier molecular flexibility index (Phi) is 3.16. The summed E-state index contributed by atoms with van der Waals surface area (Å²) in [7, 11) is 0. The van der Waals surface area contributed by atoms with Crippen molar-refractivity contribution >= 4 is 0 Å². The van der Waals surface area contributed by atoms with Crippen molar-refractivity contribution in [2.75, 3.05) is 0 Å². The van der Waals surface area contributed by atoms with Gasteiger partial charge in [-0.3, -0.25) is 0 Å². The first kappa shape index (κ1) is 10.0. The third kappa shape index (κ3) is 2.01. The molecule has 1 saturated carbocycles. The monoisotopic (exact) mass is 170 g/mol. The largest absolute Gasteiger partial charge is 0.393 e. The topological polar surface area (TPSA) is 20.2 Å².